The smallest absolute Gasteiger partial charge is 0.357 e. The van der Waals surface area contributed by atoms with Crippen molar-refractivity contribution in [3.05, 3.63) is 0 Å². The van der Waals surface area contributed by atoms with Gasteiger partial charge < -0.3 is 126 Å². The third-order valence-electron chi connectivity index (χ3n) is 17.2. The Bertz CT molecular complexity index is 2350. The number of nitrogens with zero attached hydrogens (tertiary/aromatic N) is 2. The molecule has 0 unspecified atom stereocenters. The van der Waals surface area contributed by atoms with Gasteiger partial charge in [0.2, 0.25) is 35.4 Å². The molecule has 18 N–H and O–H groups in total. The van der Waals surface area contributed by atoms with E-state index in [-0.39, 0.29) is 110 Å². The molecule has 0 radical (unpaired) electrons. The average Bonchev–Trinajstić information content (AvgIpc) is 1.53. The number of imide groups is 1. The number of amides is 8. The third-order valence-corrected chi connectivity index (χ3v) is 17.2. The second-order valence-electron chi connectivity index (χ2n) is 25.1. The van der Waals surface area contributed by atoms with Gasteiger partial charge in [-0.15, -0.1) is 5.06 Å². The molecule has 4 aliphatic heterocycles. The summed E-state index contributed by atoms with van der Waals surface area (Å²) in [5.74, 6) is -6.31. The van der Waals surface area contributed by atoms with Gasteiger partial charge in [-0.25, -0.2) is 4.79 Å². The van der Waals surface area contributed by atoms with Gasteiger partial charge in [-0.1, -0.05) is 84.0 Å². The maximum atomic E-state index is 14.3. The predicted octanol–water partition coefficient (Wildman–Crippen LogP) is -6.01. The summed E-state index contributed by atoms with van der Waals surface area (Å²) in [6, 6.07) is -2.76. The highest BCUT2D eigenvalue weighted by atomic mass is 16.7. The second-order valence-corrected chi connectivity index (χ2v) is 25.1. The molecule has 4 rings (SSSR count). The molecule has 17 atom stereocenters. The molecule has 0 aromatic heterocycles. The second kappa shape index (κ2) is 47.8. The molecule has 4 saturated heterocycles. The predicted molar refractivity (Wildman–Crippen MR) is 341 cm³/mol. The molecule has 8 amide bonds. The van der Waals surface area contributed by atoms with Crippen LogP contribution in [-0.4, -0.2) is 314 Å². The molecule has 36 heteroatoms. The van der Waals surface area contributed by atoms with Crippen molar-refractivity contribution in [2.75, 3.05) is 85.5 Å². The molecule has 0 bridgehead atoms. The lowest BCUT2D eigenvalue weighted by Crippen LogP contribution is -2.59. The van der Waals surface area contributed by atoms with E-state index in [9.17, 15) is 104 Å². The Morgan fingerprint density at radius 2 is 0.828 bits per heavy atom. The van der Waals surface area contributed by atoms with E-state index in [2.05, 4.69) is 38.8 Å². The number of hydrogen-bond acceptors (Lipinski definition) is 29. The van der Waals surface area contributed by atoms with Gasteiger partial charge >= 0.3 is 5.97 Å². The molecular formula is C63H110N8O28. The SMILES string of the molecule is CCCCCCCCCCCCCCCC(=O)N[C@H](CNC(=O)CCCCC(=O)NCCCC[C@@H](C(=O)NCCO[C@H]1O[C@H](CO)[C@@H](O)[C@H](O)[C@@H]1O)N(CC(=O)NCCO[C@H]1O[C@H](CO)[C@@H](O)[C@H](O)[C@@H]1O)CC(=O)NCCO[C@H]1O[C@H](CO)[C@@H](O)[C@H](O)[C@@H]1O)C(=O)ON1C(=O)CCC1=O. The lowest BCUT2D eigenvalue weighted by Gasteiger charge is -2.39. The highest BCUT2D eigenvalue weighted by molar-refractivity contribution is 6.02. The van der Waals surface area contributed by atoms with Gasteiger partial charge in [0, 0.05) is 64.8 Å². The van der Waals surface area contributed by atoms with Crippen molar-refractivity contribution in [1.82, 2.24) is 41.9 Å². The zero-order chi connectivity index (χ0) is 72.8. The zero-order valence-electron chi connectivity index (χ0n) is 56.6. The third kappa shape index (κ3) is 30.6. The quantitative estimate of drug-likeness (QED) is 0.0199. The lowest BCUT2D eigenvalue weighted by molar-refractivity contribution is -0.300. The van der Waals surface area contributed by atoms with Crippen molar-refractivity contribution in [2.24, 2.45) is 0 Å². The van der Waals surface area contributed by atoms with Crippen LogP contribution in [-0.2, 0) is 76.4 Å². The number of aliphatic hydroxyl groups excluding tert-OH is 12. The Hall–Kier alpha value is -5.33. The number of hydroxylamine groups is 2. The van der Waals surface area contributed by atoms with Crippen LogP contribution in [0, 0.1) is 0 Å². The normalized spacial score (nSPS) is 26.9. The fourth-order valence-corrected chi connectivity index (χ4v) is 11.3. The molecular weight excluding hydrogens is 1320 g/mol. The van der Waals surface area contributed by atoms with Crippen LogP contribution in [0.15, 0.2) is 0 Å². The Balaban J connectivity index is 1.33. The van der Waals surface area contributed by atoms with Crippen LogP contribution < -0.4 is 31.9 Å². The zero-order valence-corrected chi connectivity index (χ0v) is 56.6. The van der Waals surface area contributed by atoms with E-state index in [0.717, 1.165) is 25.7 Å². The van der Waals surface area contributed by atoms with Gasteiger partial charge in [0.15, 0.2) is 18.9 Å². The Kier molecular flexibility index (Phi) is 41.5. The Labute approximate surface area is 575 Å². The lowest BCUT2D eigenvalue weighted by atomic mass is 9.99. The molecule has 0 aromatic carbocycles. The molecule has 570 valence electrons. The van der Waals surface area contributed by atoms with Crippen LogP contribution >= 0.6 is 0 Å². The Morgan fingerprint density at radius 1 is 0.455 bits per heavy atom. The van der Waals surface area contributed by atoms with Crippen LogP contribution in [0.2, 0.25) is 0 Å². The summed E-state index contributed by atoms with van der Waals surface area (Å²) in [5, 5.41) is 137. The van der Waals surface area contributed by atoms with Crippen LogP contribution in [0.3, 0.4) is 0 Å². The highest BCUT2D eigenvalue weighted by Crippen LogP contribution is 2.25. The molecule has 0 aliphatic carbocycles. The fraction of sp³-hybridized carbons (Fsp3) is 0.857. The maximum absolute atomic E-state index is 14.3. The van der Waals surface area contributed by atoms with Crippen LogP contribution in [0.25, 0.3) is 0 Å². The minimum atomic E-state index is -1.77. The first-order valence-corrected chi connectivity index (χ1v) is 34.7. The van der Waals surface area contributed by atoms with Gasteiger partial charge in [-0.2, -0.15) is 0 Å². The van der Waals surface area contributed by atoms with Crippen molar-refractivity contribution in [1.29, 1.82) is 0 Å². The molecule has 99 heavy (non-hydrogen) atoms. The van der Waals surface area contributed by atoms with E-state index in [0.29, 0.717) is 11.5 Å². The molecule has 0 saturated carbocycles. The number of rotatable bonds is 50. The van der Waals surface area contributed by atoms with Gasteiger partial charge in [0.25, 0.3) is 11.8 Å². The number of aliphatic hydroxyl groups is 12. The number of ether oxygens (including phenoxy) is 6. The van der Waals surface area contributed by atoms with Gasteiger partial charge in [0.1, 0.15) is 79.3 Å². The molecule has 0 spiro atoms. The van der Waals surface area contributed by atoms with Crippen molar-refractivity contribution < 1.29 is 138 Å². The van der Waals surface area contributed by atoms with Crippen LogP contribution in [0.5, 0.6) is 0 Å². The van der Waals surface area contributed by atoms with E-state index in [1.807, 2.05) is 0 Å². The summed E-state index contributed by atoms with van der Waals surface area (Å²) in [5.41, 5.74) is 0. The molecule has 4 aliphatic rings. The van der Waals surface area contributed by atoms with Gasteiger partial charge in [-0.3, -0.25) is 43.3 Å². The number of carbonyl (C=O) groups is 9. The minimum Gasteiger partial charge on any atom is -0.394 e. The van der Waals surface area contributed by atoms with E-state index < -0.39 is 197 Å². The first-order valence-electron chi connectivity index (χ1n) is 34.7. The standard InChI is InChI=1S/C63H110N8O28/c1-2-3-4-5-6-7-8-9-10-11-12-13-14-22-45(77)69-38(60(92)99-71-48(80)23-24-49(71)81)32-68-44(76)21-16-15-20-43(75)64-25-18-17-19-39(59(91)67-28-31-95-63-58(90)55(87)52(84)42(37-74)98-63)70(33-46(78)65-26-29-93-61-56(88)53(85)50(82)40(35-72)96-61)34-47(79)66-27-30-94-62-57(89)54(86)51(83)41(36-73)97-62/h38-42,50-58,61-63,72-74,82-90H,2-37H2,1H3,(H,64,75)(H,65,78)(H,66,79)(H,67,91)(H,68,76)(H,69,77)/t38-,39+,40-,41-,42-,50-,51-,52-,53+,54+,55+,56+,57+,58+,61+,62+,63+/m1/s1. The van der Waals surface area contributed by atoms with Crippen LogP contribution in [0.1, 0.15) is 155 Å². The molecule has 0 aromatic rings. The first kappa shape index (κ1) is 86.1. The van der Waals surface area contributed by atoms with E-state index >= 15 is 0 Å². The first-order chi connectivity index (χ1) is 47.5. The maximum Gasteiger partial charge on any atom is 0.357 e. The number of carbonyl (C=O) groups excluding carboxylic acids is 9. The van der Waals surface area contributed by atoms with E-state index in [4.69, 9.17) is 33.3 Å². The van der Waals surface area contributed by atoms with Crippen molar-refractivity contribution in [3.8, 4) is 0 Å². The minimum absolute atomic E-state index is 0.0231. The van der Waals surface area contributed by atoms with Gasteiger partial charge in [0.05, 0.1) is 58.8 Å². The number of unbranched alkanes of at least 4 members (excludes halogenated alkanes) is 14. The van der Waals surface area contributed by atoms with Crippen LogP contribution in [0.4, 0.5) is 0 Å². The summed E-state index contributed by atoms with van der Waals surface area (Å²) >= 11 is 0. The van der Waals surface area contributed by atoms with Crippen molar-refractivity contribution in [3.63, 3.8) is 0 Å². The monoisotopic (exact) mass is 1430 g/mol. The summed E-state index contributed by atoms with van der Waals surface area (Å²) in [7, 11) is 0. The van der Waals surface area contributed by atoms with Gasteiger partial charge in [-0.05, 0) is 38.5 Å². The topological polar surface area (TPSA) is 540 Å². The van der Waals surface area contributed by atoms with Crippen molar-refractivity contribution >= 4 is 53.2 Å². The average molecular weight is 1430 g/mol. The Morgan fingerprint density at radius 3 is 1.25 bits per heavy atom. The van der Waals surface area contributed by atoms with E-state index in [1.165, 1.54) is 56.3 Å². The summed E-state index contributed by atoms with van der Waals surface area (Å²) in [6.45, 7) is -3.65. The summed E-state index contributed by atoms with van der Waals surface area (Å²) in [6.07, 6.45) is -9.18. The molecule has 36 nitrogen and oxygen atoms in total. The van der Waals surface area contributed by atoms with E-state index in [1.54, 1.807) is 0 Å². The van der Waals surface area contributed by atoms with Crippen molar-refractivity contribution in [2.45, 2.75) is 259 Å². The summed E-state index contributed by atoms with van der Waals surface area (Å²) < 4.78 is 32.5. The summed E-state index contributed by atoms with van der Waals surface area (Å²) in [4.78, 5) is 125. The fourth-order valence-electron chi connectivity index (χ4n) is 11.3. The number of hydrogen-bond donors (Lipinski definition) is 18. The molecule has 4 heterocycles. The largest absolute Gasteiger partial charge is 0.394 e. The molecule has 4 fully saturated rings. The number of nitrogens with one attached hydrogen (secondary N) is 6. The highest BCUT2D eigenvalue weighted by Gasteiger charge is 2.47.